The van der Waals surface area contributed by atoms with Crippen LogP contribution in [0.1, 0.15) is 47.6 Å². The van der Waals surface area contributed by atoms with Crippen LogP contribution in [-0.2, 0) is 17.1 Å². The van der Waals surface area contributed by atoms with Crippen molar-refractivity contribution in [2.24, 2.45) is 5.92 Å². The minimum atomic E-state index is -0.0507. The maximum atomic E-state index is 12.7. The highest BCUT2D eigenvalue weighted by atomic mass is 35.5. The number of carbonyl (C=O) groups is 2. The second-order valence-corrected chi connectivity index (χ2v) is 8.64. The molecule has 0 radical (unpaired) electrons. The highest BCUT2D eigenvalue weighted by Gasteiger charge is 2.26. The molecule has 2 amide bonds. The molecule has 156 valence electrons. The predicted molar refractivity (Wildman–Crippen MR) is 117 cm³/mol. The maximum absolute atomic E-state index is 12.7. The molecular weight excluding hydrogens is 408 g/mol. The molecule has 7 heteroatoms. The number of amides is 2. The van der Waals surface area contributed by atoms with Crippen LogP contribution >= 0.6 is 23.4 Å². The molecule has 0 spiro atoms. The number of hydrogen-bond donors (Lipinski definition) is 1. The Bertz CT molecular complexity index is 839. The van der Waals surface area contributed by atoms with Crippen LogP contribution in [0, 0.1) is 5.92 Å². The van der Waals surface area contributed by atoms with Gasteiger partial charge in [0, 0.05) is 31.1 Å². The summed E-state index contributed by atoms with van der Waals surface area (Å²) in [5, 5.41) is 3.59. The predicted octanol–water partition coefficient (Wildman–Crippen LogP) is 4.74. The molecule has 3 rings (SSSR count). The van der Waals surface area contributed by atoms with Crippen molar-refractivity contribution in [1.29, 1.82) is 0 Å². The van der Waals surface area contributed by atoms with Gasteiger partial charge in [-0.15, -0.1) is 0 Å². The number of benzene rings is 1. The van der Waals surface area contributed by atoms with Gasteiger partial charge in [-0.2, -0.15) is 11.8 Å². The number of nitrogens with one attached hydrogen (secondary N) is 1. The minimum Gasteiger partial charge on any atom is -0.455 e. The quantitative estimate of drug-likeness (QED) is 0.651. The van der Waals surface area contributed by atoms with E-state index in [1.165, 1.54) is 0 Å². The van der Waals surface area contributed by atoms with Gasteiger partial charge in [0.25, 0.3) is 5.91 Å². The molecule has 5 nitrogen and oxygen atoms in total. The van der Waals surface area contributed by atoms with Crippen molar-refractivity contribution in [3.63, 3.8) is 0 Å². The first-order valence-corrected chi connectivity index (χ1v) is 11.7. The molecule has 1 aromatic heterocycles. The fraction of sp³-hybridized carbons (Fsp3) is 0.455. The smallest absolute Gasteiger partial charge is 0.289 e. The average molecular weight is 435 g/mol. The zero-order chi connectivity index (χ0) is 20.6. The first kappa shape index (κ1) is 21.8. The summed E-state index contributed by atoms with van der Waals surface area (Å²) in [7, 11) is 0. The Morgan fingerprint density at radius 2 is 2.10 bits per heavy atom. The van der Waals surface area contributed by atoms with Gasteiger partial charge in [0.05, 0.1) is 5.75 Å². The van der Waals surface area contributed by atoms with Crippen LogP contribution in [0.4, 0.5) is 0 Å². The topological polar surface area (TPSA) is 62.6 Å². The Hall–Kier alpha value is -1.92. The number of thioether (sulfide) groups is 1. The van der Waals surface area contributed by atoms with E-state index in [9.17, 15) is 9.59 Å². The molecule has 1 atom stereocenters. The Morgan fingerprint density at radius 3 is 2.90 bits per heavy atom. The molecule has 29 heavy (non-hydrogen) atoms. The molecule has 0 bridgehead atoms. The number of rotatable bonds is 8. The second-order valence-electron chi connectivity index (χ2n) is 7.37. The van der Waals surface area contributed by atoms with Crippen LogP contribution in [0.15, 0.2) is 40.8 Å². The molecular formula is C22H27ClN2O3S. The lowest BCUT2D eigenvalue weighted by Gasteiger charge is -2.32. The van der Waals surface area contributed by atoms with E-state index in [-0.39, 0.29) is 11.8 Å². The van der Waals surface area contributed by atoms with Crippen LogP contribution in [0.3, 0.4) is 0 Å². The standard InChI is InChI=1S/C22H27ClN2O3S/c1-29-15-18-9-10-20(28-18)22(27)25-12-4-5-16(14-25)8-11-21(26)24-13-17-6-2-3-7-19(17)23/h2-3,6-7,9-10,16H,4-5,8,11-15H2,1H3,(H,24,26)/t16-/m1/s1. The third-order valence-electron chi connectivity index (χ3n) is 5.18. The minimum absolute atomic E-state index is 0.0149. The summed E-state index contributed by atoms with van der Waals surface area (Å²) in [6, 6.07) is 11.1. The lowest BCUT2D eigenvalue weighted by Crippen LogP contribution is -2.40. The van der Waals surface area contributed by atoms with Crippen molar-refractivity contribution >= 4 is 35.2 Å². The van der Waals surface area contributed by atoms with Gasteiger partial charge in [0.2, 0.25) is 5.91 Å². The van der Waals surface area contributed by atoms with Crippen molar-refractivity contribution in [2.45, 2.75) is 38.0 Å². The molecule has 2 aromatic rings. The second kappa shape index (κ2) is 10.7. The van der Waals surface area contributed by atoms with E-state index in [4.69, 9.17) is 16.0 Å². The first-order valence-electron chi connectivity index (χ1n) is 9.94. The summed E-state index contributed by atoms with van der Waals surface area (Å²) >= 11 is 7.79. The largest absolute Gasteiger partial charge is 0.455 e. The van der Waals surface area contributed by atoms with Gasteiger partial charge in [-0.25, -0.2) is 0 Å². The fourth-order valence-corrected chi connectivity index (χ4v) is 4.26. The van der Waals surface area contributed by atoms with Crippen molar-refractivity contribution in [3.8, 4) is 0 Å². The van der Waals surface area contributed by atoms with E-state index < -0.39 is 0 Å². The van der Waals surface area contributed by atoms with Gasteiger partial charge < -0.3 is 14.6 Å². The molecule has 0 unspecified atom stereocenters. The highest BCUT2D eigenvalue weighted by molar-refractivity contribution is 7.97. The highest BCUT2D eigenvalue weighted by Crippen LogP contribution is 2.24. The zero-order valence-electron chi connectivity index (χ0n) is 16.7. The van der Waals surface area contributed by atoms with Crippen LogP contribution in [0.25, 0.3) is 0 Å². The number of piperidine rings is 1. The van der Waals surface area contributed by atoms with Gasteiger partial charge in [-0.1, -0.05) is 29.8 Å². The molecule has 1 fully saturated rings. The van der Waals surface area contributed by atoms with Crippen LogP contribution in [-0.4, -0.2) is 36.1 Å². The molecule has 0 saturated carbocycles. The number of hydrogen-bond acceptors (Lipinski definition) is 4. The molecule has 0 aliphatic carbocycles. The first-order chi connectivity index (χ1) is 14.1. The van der Waals surface area contributed by atoms with Crippen LogP contribution < -0.4 is 5.32 Å². The van der Waals surface area contributed by atoms with E-state index in [1.54, 1.807) is 17.8 Å². The Morgan fingerprint density at radius 1 is 1.28 bits per heavy atom. The third kappa shape index (κ3) is 6.28. The van der Waals surface area contributed by atoms with E-state index >= 15 is 0 Å². The van der Waals surface area contributed by atoms with Gasteiger partial charge in [0.15, 0.2) is 5.76 Å². The number of furan rings is 1. The van der Waals surface area contributed by atoms with Gasteiger partial charge >= 0.3 is 0 Å². The van der Waals surface area contributed by atoms with Crippen molar-refractivity contribution in [2.75, 3.05) is 19.3 Å². The van der Waals surface area contributed by atoms with E-state index in [1.807, 2.05) is 41.5 Å². The summed E-state index contributed by atoms with van der Waals surface area (Å²) in [5.74, 6) is 2.29. The fourth-order valence-electron chi connectivity index (χ4n) is 3.61. The van der Waals surface area contributed by atoms with Crippen LogP contribution in [0.5, 0.6) is 0 Å². The number of carbonyl (C=O) groups excluding carboxylic acids is 2. The Balaban J connectivity index is 1.44. The lowest BCUT2D eigenvalue weighted by atomic mass is 9.93. The summed E-state index contributed by atoms with van der Waals surface area (Å²) < 4.78 is 5.67. The van der Waals surface area contributed by atoms with Crippen molar-refractivity contribution in [1.82, 2.24) is 10.2 Å². The summed E-state index contributed by atoms with van der Waals surface area (Å²) in [5.41, 5.74) is 0.913. The number of halogens is 1. The van der Waals surface area contributed by atoms with E-state index in [0.717, 1.165) is 42.9 Å². The summed E-state index contributed by atoms with van der Waals surface area (Å²) in [6.45, 7) is 1.85. The SMILES string of the molecule is CSCc1ccc(C(=O)N2CCC[C@H](CCC(=O)NCc3ccccc3Cl)C2)o1. The third-order valence-corrected chi connectivity index (χ3v) is 6.12. The number of nitrogens with zero attached hydrogens (tertiary/aromatic N) is 1. The van der Waals surface area contributed by atoms with E-state index in [0.29, 0.717) is 36.2 Å². The maximum Gasteiger partial charge on any atom is 0.289 e. The zero-order valence-corrected chi connectivity index (χ0v) is 18.2. The monoisotopic (exact) mass is 434 g/mol. The molecule has 2 heterocycles. The molecule has 1 aliphatic rings. The summed E-state index contributed by atoms with van der Waals surface area (Å²) in [6.07, 6.45) is 5.22. The molecule has 1 aromatic carbocycles. The van der Waals surface area contributed by atoms with Gasteiger partial charge in [-0.05, 0) is 55.2 Å². The van der Waals surface area contributed by atoms with Crippen LogP contribution in [0.2, 0.25) is 5.02 Å². The lowest BCUT2D eigenvalue weighted by molar-refractivity contribution is -0.121. The number of likely N-dealkylation sites (tertiary alicyclic amines) is 1. The Labute approximate surface area is 181 Å². The normalized spacial score (nSPS) is 16.6. The van der Waals surface area contributed by atoms with E-state index in [2.05, 4.69) is 5.32 Å². The van der Waals surface area contributed by atoms with Crippen molar-refractivity contribution < 1.29 is 14.0 Å². The summed E-state index contributed by atoms with van der Waals surface area (Å²) in [4.78, 5) is 26.8. The van der Waals surface area contributed by atoms with Gasteiger partial charge in [0.1, 0.15) is 5.76 Å². The molecule has 1 aliphatic heterocycles. The molecule has 1 saturated heterocycles. The average Bonchev–Trinajstić information content (AvgIpc) is 3.20. The van der Waals surface area contributed by atoms with Gasteiger partial charge in [-0.3, -0.25) is 9.59 Å². The Kier molecular flexibility index (Phi) is 8.07. The van der Waals surface area contributed by atoms with Crippen molar-refractivity contribution in [3.05, 3.63) is 58.5 Å². The molecule has 1 N–H and O–H groups in total.